The van der Waals surface area contributed by atoms with Gasteiger partial charge in [0.15, 0.2) is 0 Å². The van der Waals surface area contributed by atoms with Crippen molar-refractivity contribution in [3.05, 3.63) is 64.8 Å². The van der Waals surface area contributed by atoms with Crippen LogP contribution < -0.4 is 0 Å². The van der Waals surface area contributed by atoms with E-state index in [1.54, 1.807) is 0 Å². The minimum atomic E-state index is 1.04. The molecule has 1 aliphatic carbocycles. The molecule has 5 rings (SSSR count). The number of rotatable bonds is 2. The number of aromatic nitrogens is 2. The normalized spacial score (nSPS) is 15.0. The lowest BCUT2D eigenvalue weighted by Crippen LogP contribution is -2.10. The molecule has 1 aromatic heterocycles. The third-order valence-electron chi connectivity index (χ3n) is 5.62. The standard InChI is InChI=1S/C22H22N2/c1-2-15-7-5-8-16-13-20-18(10-6-11-19(20)22(15)16)21-14-17-9-3-4-12-24(17)23-21/h5-8,10-11,14H,2-4,9,12-13H2,1H3. The van der Waals surface area contributed by atoms with Crippen LogP contribution in [0.4, 0.5) is 0 Å². The van der Waals surface area contributed by atoms with Gasteiger partial charge in [-0.05, 0) is 66.0 Å². The van der Waals surface area contributed by atoms with Crippen molar-refractivity contribution in [1.82, 2.24) is 9.78 Å². The van der Waals surface area contributed by atoms with Crippen LogP contribution in [0.15, 0.2) is 42.5 Å². The predicted molar refractivity (Wildman–Crippen MR) is 98.2 cm³/mol. The summed E-state index contributed by atoms with van der Waals surface area (Å²) in [6, 6.07) is 15.8. The Morgan fingerprint density at radius 3 is 2.79 bits per heavy atom. The van der Waals surface area contributed by atoms with Gasteiger partial charge in [-0.15, -0.1) is 0 Å². The molecule has 0 saturated heterocycles. The lowest BCUT2D eigenvalue weighted by Gasteiger charge is -2.11. The highest BCUT2D eigenvalue weighted by molar-refractivity contribution is 5.85. The fourth-order valence-corrected chi connectivity index (χ4v) is 4.43. The van der Waals surface area contributed by atoms with Crippen LogP contribution in [0.5, 0.6) is 0 Å². The Morgan fingerprint density at radius 1 is 1.04 bits per heavy atom. The van der Waals surface area contributed by atoms with Crippen LogP contribution in [-0.4, -0.2) is 9.78 Å². The molecule has 0 unspecified atom stereocenters. The van der Waals surface area contributed by atoms with E-state index in [0.717, 1.165) is 25.1 Å². The van der Waals surface area contributed by atoms with Gasteiger partial charge in [-0.2, -0.15) is 5.10 Å². The molecule has 24 heavy (non-hydrogen) atoms. The van der Waals surface area contributed by atoms with E-state index >= 15 is 0 Å². The molecule has 0 N–H and O–H groups in total. The van der Waals surface area contributed by atoms with Gasteiger partial charge in [0.2, 0.25) is 0 Å². The smallest absolute Gasteiger partial charge is 0.0929 e. The average Bonchev–Trinajstić information content (AvgIpc) is 3.22. The fourth-order valence-electron chi connectivity index (χ4n) is 4.43. The Hall–Kier alpha value is -2.35. The summed E-state index contributed by atoms with van der Waals surface area (Å²) >= 11 is 0. The zero-order valence-electron chi connectivity index (χ0n) is 14.2. The molecule has 2 heterocycles. The zero-order chi connectivity index (χ0) is 16.1. The molecule has 120 valence electrons. The van der Waals surface area contributed by atoms with Crippen LogP contribution in [0.25, 0.3) is 22.4 Å². The van der Waals surface area contributed by atoms with Crippen molar-refractivity contribution in [1.29, 1.82) is 0 Å². The summed E-state index contributed by atoms with van der Waals surface area (Å²) in [4.78, 5) is 0. The zero-order valence-corrected chi connectivity index (χ0v) is 14.2. The van der Waals surface area contributed by atoms with Crippen molar-refractivity contribution in [2.24, 2.45) is 0 Å². The summed E-state index contributed by atoms with van der Waals surface area (Å²) in [7, 11) is 0. The Bertz CT molecular complexity index is 910. The molecule has 2 nitrogen and oxygen atoms in total. The number of hydrogen-bond acceptors (Lipinski definition) is 1. The maximum absolute atomic E-state index is 4.92. The summed E-state index contributed by atoms with van der Waals surface area (Å²) in [6.07, 6.45) is 5.85. The van der Waals surface area contributed by atoms with Crippen LogP contribution in [-0.2, 0) is 25.8 Å². The second-order valence-electron chi connectivity index (χ2n) is 7.01. The molecule has 0 saturated carbocycles. The molecule has 3 aromatic rings. The Kier molecular flexibility index (Phi) is 3.12. The van der Waals surface area contributed by atoms with Crippen LogP contribution in [0.3, 0.4) is 0 Å². The maximum Gasteiger partial charge on any atom is 0.0929 e. The van der Waals surface area contributed by atoms with Gasteiger partial charge in [-0.3, -0.25) is 4.68 Å². The van der Waals surface area contributed by atoms with E-state index in [0.29, 0.717) is 0 Å². The van der Waals surface area contributed by atoms with Crippen LogP contribution in [0.2, 0.25) is 0 Å². The SMILES string of the molecule is CCc1cccc2c1-c1cccc(-c3cc4n(n3)CCCC4)c1C2. The molecule has 0 fully saturated rings. The monoisotopic (exact) mass is 314 g/mol. The molecule has 0 spiro atoms. The van der Waals surface area contributed by atoms with Crippen LogP contribution in [0, 0.1) is 0 Å². The summed E-state index contributed by atoms with van der Waals surface area (Å²) in [5.41, 5.74) is 11.2. The van der Waals surface area contributed by atoms with Gasteiger partial charge in [0.05, 0.1) is 5.69 Å². The highest BCUT2D eigenvalue weighted by Crippen LogP contribution is 2.43. The predicted octanol–water partition coefficient (Wildman–Crippen LogP) is 5.02. The largest absolute Gasteiger partial charge is 0.269 e. The van der Waals surface area contributed by atoms with Crippen LogP contribution >= 0.6 is 0 Å². The van der Waals surface area contributed by atoms with E-state index in [-0.39, 0.29) is 0 Å². The lowest BCUT2D eigenvalue weighted by molar-refractivity contribution is 0.487. The van der Waals surface area contributed by atoms with E-state index in [9.17, 15) is 0 Å². The number of fused-ring (bicyclic) bond motifs is 4. The van der Waals surface area contributed by atoms with Crippen molar-refractivity contribution in [2.45, 2.75) is 45.6 Å². The average molecular weight is 314 g/mol. The van der Waals surface area contributed by atoms with E-state index in [1.807, 2.05) is 0 Å². The molecule has 2 aromatic carbocycles. The molecular formula is C22H22N2. The quantitative estimate of drug-likeness (QED) is 0.508. The van der Waals surface area contributed by atoms with Crippen molar-refractivity contribution in [3.63, 3.8) is 0 Å². The molecule has 0 amide bonds. The van der Waals surface area contributed by atoms with Crippen molar-refractivity contribution < 1.29 is 0 Å². The van der Waals surface area contributed by atoms with E-state index in [1.165, 1.54) is 58.3 Å². The highest BCUT2D eigenvalue weighted by atomic mass is 15.3. The minimum absolute atomic E-state index is 1.04. The van der Waals surface area contributed by atoms with Gasteiger partial charge in [0.1, 0.15) is 0 Å². The second kappa shape index (κ2) is 5.34. The van der Waals surface area contributed by atoms with Gasteiger partial charge >= 0.3 is 0 Å². The minimum Gasteiger partial charge on any atom is -0.269 e. The Morgan fingerprint density at radius 2 is 1.92 bits per heavy atom. The fraction of sp³-hybridized carbons (Fsp3) is 0.318. The van der Waals surface area contributed by atoms with Crippen LogP contribution in [0.1, 0.15) is 42.1 Å². The lowest BCUT2D eigenvalue weighted by atomic mass is 9.96. The number of benzene rings is 2. The van der Waals surface area contributed by atoms with Gasteiger partial charge in [-0.1, -0.05) is 43.3 Å². The first-order chi connectivity index (χ1) is 11.8. The van der Waals surface area contributed by atoms with E-state index in [4.69, 9.17) is 5.10 Å². The summed E-state index contributed by atoms with van der Waals surface area (Å²) < 4.78 is 2.22. The molecule has 2 aliphatic rings. The first-order valence-corrected chi connectivity index (χ1v) is 9.15. The van der Waals surface area contributed by atoms with Crippen molar-refractivity contribution in [2.75, 3.05) is 0 Å². The third-order valence-corrected chi connectivity index (χ3v) is 5.62. The Balaban J connectivity index is 1.67. The first kappa shape index (κ1) is 14.0. The highest BCUT2D eigenvalue weighted by Gasteiger charge is 2.24. The topological polar surface area (TPSA) is 17.8 Å². The number of aryl methyl sites for hydroxylation is 3. The van der Waals surface area contributed by atoms with Gasteiger partial charge < -0.3 is 0 Å². The summed E-state index contributed by atoms with van der Waals surface area (Å²) in [5.74, 6) is 0. The van der Waals surface area contributed by atoms with Crippen molar-refractivity contribution >= 4 is 0 Å². The third kappa shape index (κ3) is 1.99. The van der Waals surface area contributed by atoms with Gasteiger partial charge in [0.25, 0.3) is 0 Å². The maximum atomic E-state index is 4.92. The second-order valence-corrected chi connectivity index (χ2v) is 7.01. The molecule has 1 aliphatic heterocycles. The molecule has 2 heteroatoms. The molecule has 0 radical (unpaired) electrons. The molecular weight excluding hydrogens is 292 g/mol. The molecule has 0 bridgehead atoms. The molecule has 0 atom stereocenters. The number of hydrogen-bond donors (Lipinski definition) is 0. The first-order valence-electron chi connectivity index (χ1n) is 9.15. The van der Waals surface area contributed by atoms with E-state index < -0.39 is 0 Å². The van der Waals surface area contributed by atoms with Gasteiger partial charge in [0, 0.05) is 17.8 Å². The summed E-state index contributed by atoms with van der Waals surface area (Å²) in [5, 5.41) is 4.92. The van der Waals surface area contributed by atoms with Crippen molar-refractivity contribution in [3.8, 4) is 22.4 Å². The summed E-state index contributed by atoms with van der Waals surface area (Å²) in [6.45, 7) is 3.32. The van der Waals surface area contributed by atoms with Gasteiger partial charge in [-0.25, -0.2) is 0 Å². The Labute approximate surface area is 143 Å². The number of nitrogens with zero attached hydrogens (tertiary/aromatic N) is 2. The van der Waals surface area contributed by atoms with E-state index in [2.05, 4.69) is 54.1 Å².